The minimum Gasteiger partial charge on any atom is -0.393 e. The maximum absolute atomic E-state index is 8.62. The summed E-state index contributed by atoms with van der Waals surface area (Å²) in [5, 5.41) is 12.9. The minimum absolute atomic E-state index is 0.0417. The van der Waals surface area contributed by atoms with E-state index >= 15 is 0 Å². The summed E-state index contributed by atoms with van der Waals surface area (Å²) in [5.74, 6) is 1.50. The number of hydrogen-bond acceptors (Lipinski definition) is 5. The second kappa shape index (κ2) is 12.8. The summed E-state index contributed by atoms with van der Waals surface area (Å²) in [5.41, 5.74) is 5.91. The number of aliphatic hydroxyl groups excluding tert-OH is 1. The van der Waals surface area contributed by atoms with E-state index in [2.05, 4.69) is 39.1 Å². The van der Waals surface area contributed by atoms with Crippen molar-refractivity contribution in [1.29, 1.82) is 0 Å². The van der Waals surface area contributed by atoms with Gasteiger partial charge >= 0.3 is 0 Å². The van der Waals surface area contributed by atoms with Crippen molar-refractivity contribution in [3.05, 3.63) is 66.3 Å². The molecule has 2 heterocycles. The molecule has 33 heavy (non-hydrogen) atoms. The van der Waals surface area contributed by atoms with Gasteiger partial charge in [-0.3, -0.25) is 9.67 Å². The molecule has 1 saturated carbocycles. The second-order valence-corrected chi connectivity index (χ2v) is 8.02. The molecule has 2 aromatic heterocycles. The van der Waals surface area contributed by atoms with Crippen molar-refractivity contribution < 1.29 is 5.11 Å². The standard InChI is InChI=1S/C20H21N5.C5H10O.C2H6/c1-5-7-19(21-3)18-12-22-20(24-14(18)2)16-9-6-8-15(10-16)17-11-23-25(4)13-17;1-4-2-5(6)3-4;1-2/h5-13H,1-4H3;4-6H,2-3H2,1H3;1-2H3/b7-5-,21-19?;;. The molecule has 0 spiro atoms. The fourth-order valence-electron chi connectivity index (χ4n) is 3.57. The van der Waals surface area contributed by atoms with Crippen LogP contribution in [-0.2, 0) is 7.05 Å². The van der Waals surface area contributed by atoms with Crippen LogP contribution in [0.15, 0.2) is 60.0 Å². The maximum Gasteiger partial charge on any atom is 0.159 e. The first-order valence-corrected chi connectivity index (χ1v) is 11.6. The van der Waals surface area contributed by atoms with E-state index < -0.39 is 0 Å². The Kier molecular flexibility index (Phi) is 10.1. The number of aliphatic imine (C=N–C) groups is 1. The van der Waals surface area contributed by atoms with E-state index in [4.69, 9.17) is 5.11 Å². The molecule has 0 atom stereocenters. The highest BCUT2D eigenvalue weighted by molar-refractivity contribution is 6.09. The zero-order chi connectivity index (χ0) is 24.4. The summed E-state index contributed by atoms with van der Waals surface area (Å²) in [6.45, 7) is 10.1. The Balaban J connectivity index is 0.000000411. The molecule has 0 aliphatic heterocycles. The van der Waals surface area contributed by atoms with E-state index in [-0.39, 0.29) is 6.10 Å². The molecule has 4 rings (SSSR count). The predicted molar refractivity (Wildman–Crippen MR) is 137 cm³/mol. The molecule has 1 N–H and O–H groups in total. The number of nitrogens with zero attached hydrogens (tertiary/aromatic N) is 5. The third-order valence-electron chi connectivity index (χ3n) is 5.33. The number of aryl methyl sites for hydroxylation is 2. The summed E-state index contributed by atoms with van der Waals surface area (Å²) in [7, 11) is 3.69. The minimum atomic E-state index is 0.0417. The first-order chi connectivity index (χ1) is 15.9. The lowest BCUT2D eigenvalue weighted by Crippen LogP contribution is -2.25. The van der Waals surface area contributed by atoms with Gasteiger partial charge in [-0.2, -0.15) is 5.10 Å². The van der Waals surface area contributed by atoms with E-state index in [1.165, 1.54) is 0 Å². The van der Waals surface area contributed by atoms with Crippen molar-refractivity contribution >= 4 is 5.71 Å². The van der Waals surface area contributed by atoms with Crippen molar-refractivity contribution in [1.82, 2.24) is 19.7 Å². The van der Waals surface area contributed by atoms with Gasteiger partial charge < -0.3 is 5.11 Å². The fourth-order valence-corrected chi connectivity index (χ4v) is 3.57. The van der Waals surface area contributed by atoms with E-state index in [1.54, 1.807) is 11.7 Å². The molecule has 1 aromatic carbocycles. The number of aromatic nitrogens is 4. The smallest absolute Gasteiger partial charge is 0.159 e. The normalized spacial score (nSPS) is 17.5. The van der Waals surface area contributed by atoms with E-state index in [9.17, 15) is 0 Å². The van der Waals surface area contributed by atoms with Gasteiger partial charge in [0.1, 0.15) is 0 Å². The first-order valence-electron chi connectivity index (χ1n) is 11.6. The van der Waals surface area contributed by atoms with Crippen LogP contribution in [0, 0.1) is 12.8 Å². The molecule has 1 aliphatic rings. The summed E-state index contributed by atoms with van der Waals surface area (Å²) >= 11 is 0. The number of aliphatic hydroxyl groups is 1. The average Bonchev–Trinajstić information content (AvgIpc) is 3.25. The van der Waals surface area contributed by atoms with Crippen LogP contribution in [0.25, 0.3) is 22.5 Å². The quantitative estimate of drug-likeness (QED) is 0.524. The number of benzene rings is 1. The molecule has 6 heteroatoms. The number of allylic oxidation sites excluding steroid dienone is 2. The van der Waals surface area contributed by atoms with Crippen LogP contribution in [0.4, 0.5) is 0 Å². The average molecular weight is 448 g/mol. The predicted octanol–water partition coefficient (Wildman–Crippen LogP) is 5.65. The van der Waals surface area contributed by atoms with Crippen LogP contribution >= 0.6 is 0 Å². The van der Waals surface area contributed by atoms with Crippen molar-refractivity contribution in [2.45, 2.75) is 53.6 Å². The van der Waals surface area contributed by atoms with Crippen LogP contribution in [-0.4, -0.2) is 43.7 Å². The Hall–Kier alpha value is -3.12. The monoisotopic (exact) mass is 447 g/mol. The van der Waals surface area contributed by atoms with Crippen molar-refractivity contribution in [3.8, 4) is 22.5 Å². The SMILES string of the molecule is C/C=C\C(=NC)c1cnc(-c2cccc(-c3cnn(C)c3)c2)nc1C.CC.CC1CC(O)C1. The van der Waals surface area contributed by atoms with E-state index in [0.29, 0.717) is 5.82 Å². The van der Waals surface area contributed by atoms with Crippen molar-refractivity contribution in [3.63, 3.8) is 0 Å². The van der Waals surface area contributed by atoms with Crippen LogP contribution in [0.3, 0.4) is 0 Å². The lowest BCUT2D eigenvalue weighted by molar-refractivity contribution is 0.0513. The van der Waals surface area contributed by atoms with E-state index in [0.717, 1.165) is 52.4 Å². The van der Waals surface area contributed by atoms with Gasteiger partial charge in [-0.1, -0.05) is 45.0 Å². The van der Waals surface area contributed by atoms with Gasteiger partial charge in [0.2, 0.25) is 0 Å². The van der Waals surface area contributed by atoms with Crippen molar-refractivity contribution in [2.24, 2.45) is 18.0 Å². The van der Waals surface area contributed by atoms with Gasteiger partial charge in [0.15, 0.2) is 5.82 Å². The molecule has 3 aromatic rings. The molecule has 6 nitrogen and oxygen atoms in total. The molecule has 176 valence electrons. The zero-order valence-corrected chi connectivity index (χ0v) is 20.9. The summed E-state index contributed by atoms with van der Waals surface area (Å²) in [6.07, 6.45) is 11.7. The van der Waals surface area contributed by atoms with Crippen molar-refractivity contribution in [2.75, 3.05) is 7.05 Å². The Morgan fingerprint density at radius 1 is 1.15 bits per heavy atom. The molecule has 0 amide bonds. The Labute approximate surface area is 198 Å². The van der Waals surface area contributed by atoms with Gasteiger partial charge in [-0.05, 0) is 50.3 Å². The number of rotatable bonds is 4. The second-order valence-electron chi connectivity index (χ2n) is 8.02. The Morgan fingerprint density at radius 3 is 2.33 bits per heavy atom. The van der Waals surface area contributed by atoms with Gasteiger partial charge in [0.25, 0.3) is 0 Å². The molecule has 0 unspecified atom stereocenters. The summed E-state index contributed by atoms with van der Waals surface area (Å²) < 4.78 is 1.80. The Bertz CT molecular complexity index is 1070. The lowest BCUT2D eigenvalue weighted by Gasteiger charge is -2.27. The molecule has 0 radical (unpaired) electrons. The van der Waals surface area contributed by atoms with Gasteiger partial charge in [-0.15, -0.1) is 0 Å². The molecular formula is C27H37N5O. The van der Waals surface area contributed by atoms with Crippen LogP contribution in [0.1, 0.15) is 51.8 Å². The van der Waals surface area contributed by atoms with Gasteiger partial charge in [-0.25, -0.2) is 9.97 Å². The van der Waals surface area contributed by atoms with Crippen LogP contribution in [0.5, 0.6) is 0 Å². The lowest BCUT2D eigenvalue weighted by atomic mass is 9.84. The highest BCUT2D eigenvalue weighted by Crippen LogP contribution is 2.26. The molecular weight excluding hydrogens is 410 g/mol. The van der Waals surface area contributed by atoms with Gasteiger partial charge in [0, 0.05) is 43.2 Å². The van der Waals surface area contributed by atoms with Crippen LogP contribution < -0.4 is 0 Å². The third kappa shape index (κ3) is 7.19. The molecule has 1 aliphatic carbocycles. The number of hydrogen-bond donors (Lipinski definition) is 1. The maximum atomic E-state index is 8.62. The largest absolute Gasteiger partial charge is 0.393 e. The zero-order valence-electron chi connectivity index (χ0n) is 20.9. The Morgan fingerprint density at radius 2 is 1.85 bits per heavy atom. The summed E-state index contributed by atoms with van der Waals surface area (Å²) in [6, 6.07) is 8.19. The van der Waals surface area contributed by atoms with Crippen LogP contribution in [0.2, 0.25) is 0 Å². The fraction of sp³-hybridized carbons (Fsp3) is 0.407. The summed E-state index contributed by atoms with van der Waals surface area (Å²) in [4.78, 5) is 13.5. The topological polar surface area (TPSA) is 76.2 Å². The van der Waals surface area contributed by atoms with Gasteiger partial charge in [0.05, 0.1) is 23.7 Å². The highest BCUT2D eigenvalue weighted by atomic mass is 16.3. The molecule has 0 saturated heterocycles. The van der Waals surface area contributed by atoms with E-state index in [1.807, 2.05) is 77.6 Å². The molecule has 1 fully saturated rings. The third-order valence-corrected chi connectivity index (χ3v) is 5.33. The highest BCUT2D eigenvalue weighted by Gasteiger charge is 2.21. The molecule has 0 bridgehead atoms. The first kappa shape index (κ1) is 26.1.